The largest absolute Gasteiger partial charge is 0.328 e. The quantitative estimate of drug-likeness (QED) is 0.757. The van der Waals surface area contributed by atoms with Crippen molar-refractivity contribution in [2.75, 3.05) is 0 Å². The number of hydrogen-bond acceptors (Lipinski definition) is 3. The maximum atomic E-state index is 5.77. The molecule has 2 aromatic rings. The van der Waals surface area contributed by atoms with Crippen LogP contribution in [0.3, 0.4) is 0 Å². The van der Waals surface area contributed by atoms with Gasteiger partial charge in [-0.1, -0.05) is 6.07 Å². The van der Waals surface area contributed by atoms with Crippen LogP contribution in [0.1, 0.15) is 30.1 Å². The van der Waals surface area contributed by atoms with E-state index >= 15 is 0 Å². The molecule has 2 heterocycles. The fourth-order valence-electron chi connectivity index (χ4n) is 2.10. The van der Waals surface area contributed by atoms with Gasteiger partial charge in [0.1, 0.15) is 0 Å². The van der Waals surface area contributed by atoms with Gasteiger partial charge in [0.2, 0.25) is 0 Å². The molecular weight excluding hydrogens is 188 g/mol. The van der Waals surface area contributed by atoms with Crippen molar-refractivity contribution in [2.24, 2.45) is 5.73 Å². The van der Waals surface area contributed by atoms with Crippen LogP contribution in [0.5, 0.6) is 0 Å². The van der Waals surface area contributed by atoms with Gasteiger partial charge in [-0.2, -0.15) is 5.10 Å². The molecule has 0 aromatic carbocycles. The van der Waals surface area contributed by atoms with E-state index in [4.69, 9.17) is 5.73 Å². The highest BCUT2D eigenvalue weighted by Gasteiger charge is 2.30. The van der Waals surface area contributed by atoms with E-state index in [1.807, 2.05) is 16.8 Å². The summed E-state index contributed by atoms with van der Waals surface area (Å²) in [5, 5.41) is 4.48. The Kier molecular flexibility index (Phi) is 1.79. The molecule has 0 amide bonds. The first kappa shape index (κ1) is 8.85. The van der Waals surface area contributed by atoms with Crippen LogP contribution in [0.15, 0.2) is 18.3 Å². The van der Waals surface area contributed by atoms with Gasteiger partial charge in [-0.25, -0.2) is 9.50 Å². The minimum Gasteiger partial charge on any atom is -0.328 e. The molecular formula is C11H14N4. The summed E-state index contributed by atoms with van der Waals surface area (Å²) in [6.45, 7) is 2.06. The van der Waals surface area contributed by atoms with E-state index < -0.39 is 0 Å². The van der Waals surface area contributed by atoms with Crippen LogP contribution >= 0.6 is 0 Å². The number of aromatic nitrogens is 3. The molecule has 0 aliphatic heterocycles. The van der Waals surface area contributed by atoms with Crippen LogP contribution in [0.4, 0.5) is 0 Å². The van der Waals surface area contributed by atoms with Crippen molar-refractivity contribution in [3.63, 3.8) is 0 Å². The Balaban J connectivity index is 2.03. The predicted molar refractivity (Wildman–Crippen MR) is 57.7 cm³/mol. The lowest BCUT2D eigenvalue weighted by atomic mass is 9.80. The van der Waals surface area contributed by atoms with Crippen molar-refractivity contribution >= 4 is 5.65 Å². The Bertz CT molecular complexity index is 496. The monoisotopic (exact) mass is 202 g/mol. The molecule has 78 valence electrons. The Morgan fingerprint density at radius 3 is 2.93 bits per heavy atom. The van der Waals surface area contributed by atoms with E-state index in [2.05, 4.69) is 23.1 Å². The molecule has 0 bridgehead atoms. The third kappa shape index (κ3) is 1.33. The van der Waals surface area contributed by atoms with Crippen LogP contribution in [0, 0.1) is 6.92 Å². The molecule has 15 heavy (non-hydrogen) atoms. The SMILES string of the molecule is Cc1cccn2nc(C3CC(N)C3)nc12. The Hall–Kier alpha value is -1.42. The van der Waals surface area contributed by atoms with Crippen LogP contribution in [0.2, 0.25) is 0 Å². The normalized spacial score (nSPS) is 25.5. The summed E-state index contributed by atoms with van der Waals surface area (Å²) in [5.74, 6) is 1.42. The molecule has 1 saturated carbocycles. The number of aryl methyl sites for hydroxylation is 1. The molecule has 4 heteroatoms. The molecule has 2 N–H and O–H groups in total. The van der Waals surface area contributed by atoms with Gasteiger partial charge in [0.15, 0.2) is 11.5 Å². The van der Waals surface area contributed by atoms with Gasteiger partial charge in [-0.05, 0) is 31.4 Å². The maximum absolute atomic E-state index is 5.77. The molecule has 0 saturated heterocycles. The highest BCUT2D eigenvalue weighted by atomic mass is 15.3. The number of nitrogens with two attached hydrogens (primary N) is 1. The van der Waals surface area contributed by atoms with E-state index in [1.165, 1.54) is 5.56 Å². The minimum atomic E-state index is 0.350. The van der Waals surface area contributed by atoms with Crippen molar-refractivity contribution in [3.8, 4) is 0 Å². The average Bonchev–Trinajstić information content (AvgIpc) is 2.58. The number of nitrogens with zero attached hydrogens (tertiary/aromatic N) is 3. The van der Waals surface area contributed by atoms with Crippen molar-refractivity contribution in [1.82, 2.24) is 14.6 Å². The van der Waals surface area contributed by atoms with Crippen LogP contribution in [0.25, 0.3) is 5.65 Å². The van der Waals surface area contributed by atoms with E-state index in [-0.39, 0.29) is 0 Å². The zero-order chi connectivity index (χ0) is 10.4. The van der Waals surface area contributed by atoms with Crippen molar-refractivity contribution in [2.45, 2.75) is 31.7 Å². The molecule has 0 atom stereocenters. The van der Waals surface area contributed by atoms with Gasteiger partial charge in [0.25, 0.3) is 0 Å². The fourth-order valence-corrected chi connectivity index (χ4v) is 2.10. The molecule has 3 rings (SSSR count). The lowest BCUT2D eigenvalue weighted by Gasteiger charge is -2.29. The lowest BCUT2D eigenvalue weighted by Crippen LogP contribution is -2.35. The Morgan fingerprint density at radius 2 is 2.27 bits per heavy atom. The van der Waals surface area contributed by atoms with Crippen molar-refractivity contribution in [3.05, 3.63) is 29.7 Å². The van der Waals surface area contributed by atoms with Gasteiger partial charge in [0, 0.05) is 18.2 Å². The zero-order valence-electron chi connectivity index (χ0n) is 8.72. The van der Waals surface area contributed by atoms with E-state index in [1.54, 1.807) is 0 Å². The molecule has 1 fully saturated rings. The maximum Gasteiger partial charge on any atom is 0.158 e. The van der Waals surface area contributed by atoms with Crippen LogP contribution < -0.4 is 5.73 Å². The second-order valence-electron chi connectivity index (χ2n) is 4.36. The number of rotatable bonds is 1. The summed E-state index contributed by atoms with van der Waals surface area (Å²) < 4.78 is 1.86. The standard InChI is InChI=1S/C11H14N4/c1-7-3-2-4-15-11(7)13-10(14-15)8-5-9(12)6-8/h2-4,8-9H,5-6,12H2,1H3. The van der Waals surface area contributed by atoms with Gasteiger partial charge in [-0.15, -0.1) is 0 Å². The lowest BCUT2D eigenvalue weighted by molar-refractivity contribution is 0.338. The van der Waals surface area contributed by atoms with Crippen molar-refractivity contribution in [1.29, 1.82) is 0 Å². The van der Waals surface area contributed by atoms with Crippen LogP contribution in [-0.4, -0.2) is 20.6 Å². The Morgan fingerprint density at radius 1 is 1.47 bits per heavy atom. The topological polar surface area (TPSA) is 56.2 Å². The molecule has 0 unspecified atom stereocenters. The van der Waals surface area contributed by atoms with Gasteiger partial charge in [0.05, 0.1) is 0 Å². The summed E-state index contributed by atoms with van der Waals surface area (Å²) in [5.41, 5.74) is 7.90. The van der Waals surface area contributed by atoms with Crippen LogP contribution in [-0.2, 0) is 0 Å². The first-order chi connectivity index (χ1) is 7.24. The third-order valence-electron chi connectivity index (χ3n) is 3.11. The number of fused-ring (bicyclic) bond motifs is 1. The number of pyridine rings is 1. The molecule has 0 spiro atoms. The van der Waals surface area contributed by atoms with Crippen molar-refractivity contribution < 1.29 is 0 Å². The van der Waals surface area contributed by atoms with Gasteiger partial charge in [-0.3, -0.25) is 0 Å². The van der Waals surface area contributed by atoms with E-state index in [0.717, 1.165) is 24.3 Å². The van der Waals surface area contributed by atoms with E-state index in [9.17, 15) is 0 Å². The predicted octanol–water partition coefficient (Wildman–Crippen LogP) is 1.24. The smallest absolute Gasteiger partial charge is 0.158 e. The summed E-state index contributed by atoms with van der Waals surface area (Å²) >= 11 is 0. The molecule has 2 aromatic heterocycles. The average molecular weight is 202 g/mol. The fraction of sp³-hybridized carbons (Fsp3) is 0.455. The summed E-state index contributed by atoms with van der Waals surface area (Å²) in [6.07, 6.45) is 3.99. The first-order valence-electron chi connectivity index (χ1n) is 5.31. The Labute approximate surface area is 88.1 Å². The third-order valence-corrected chi connectivity index (χ3v) is 3.11. The second-order valence-corrected chi connectivity index (χ2v) is 4.36. The first-order valence-corrected chi connectivity index (χ1v) is 5.31. The summed E-state index contributed by atoms with van der Waals surface area (Å²) in [6, 6.07) is 4.40. The molecule has 1 aliphatic rings. The summed E-state index contributed by atoms with van der Waals surface area (Å²) in [7, 11) is 0. The summed E-state index contributed by atoms with van der Waals surface area (Å²) in [4.78, 5) is 4.56. The zero-order valence-corrected chi connectivity index (χ0v) is 8.72. The highest BCUT2D eigenvalue weighted by molar-refractivity contribution is 5.46. The molecule has 1 aliphatic carbocycles. The second kappa shape index (κ2) is 3.03. The minimum absolute atomic E-state index is 0.350. The van der Waals surface area contributed by atoms with Gasteiger partial charge >= 0.3 is 0 Å². The molecule has 4 nitrogen and oxygen atoms in total. The highest BCUT2D eigenvalue weighted by Crippen LogP contribution is 2.33. The molecule has 0 radical (unpaired) electrons. The number of hydrogen-bond donors (Lipinski definition) is 1. The van der Waals surface area contributed by atoms with Gasteiger partial charge < -0.3 is 5.73 Å². The van der Waals surface area contributed by atoms with E-state index in [0.29, 0.717) is 12.0 Å².